The van der Waals surface area contributed by atoms with Crippen molar-refractivity contribution in [3.05, 3.63) is 35.2 Å². The minimum absolute atomic E-state index is 0.0417. The molecule has 4 nitrogen and oxygen atoms in total. The maximum absolute atomic E-state index is 10.3. The van der Waals surface area contributed by atoms with E-state index in [9.17, 15) is 4.79 Å². The zero-order valence-corrected chi connectivity index (χ0v) is 7.73. The fourth-order valence-electron chi connectivity index (χ4n) is 1.02. The summed E-state index contributed by atoms with van der Waals surface area (Å²) in [4.78, 5) is 10.3. The molecule has 5 heteroatoms. The maximum Gasteiger partial charge on any atom is 0.280 e. The van der Waals surface area contributed by atoms with Crippen molar-refractivity contribution < 1.29 is 9.21 Å². The minimum Gasteiger partial charge on any atom is -0.414 e. The summed E-state index contributed by atoms with van der Waals surface area (Å²) in [6, 6.07) is 6.96. The van der Waals surface area contributed by atoms with Gasteiger partial charge in [0, 0.05) is 10.6 Å². The first-order valence-electron chi connectivity index (χ1n) is 3.84. The average Bonchev–Trinajstić information content (AvgIpc) is 2.66. The van der Waals surface area contributed by atoms with E-state index in [2.05, 4.69) is 10.2 Å². The van der Waals surface area contributed by atoms with E-state index in [1.165, 1.54) is 0 Å². The Labute approximate surface area is 84.5 Å². The van der Waals surface area contributed by atoms with Crippen LogP contribution in [0.4, 0.5) is 0 Å². The lowest BCUT2D eigenvalue weighted by molar-refractivity contribution is 0.109. The maximum atomic E-state index is 10.3. The number of carbonyl (C=O) groups excluding carboxylic acids is 1. The molecule has 0 fully saturated rings. The lowest BCUT2D eigenvalue weighted by Gasteiger charge is -1.93. The summed E-state index contributed by atoms with van der Waals surface area (Å²) >= 11 is 5.78. The van der Waals surface area contributed by atoms with Crippen LogP contribution in [-0.4, -0.2) is 16.5 Å². The Kier molecular flexibility index (Phi) is 2.28. The highest BCUT2D eigenvalue weighted by atomic mass is 35.5. The second kappa shape index (κ2) is 3.59. The molecule has 0 saturated carbocycles. The van der Waals surface area contributed by atoms with Gasteiger partial charge in [-0.15, -0.1) is 10.2 Å². The first-order valence-corrected chi connectivity index (χ1v) is 4.22. The van der Waals surface area contributed by atoms with Gasteiger partial charge in [-0.25, -0.2) is 0 Å². The fraction of sp³-hybridized carbons (Fsp3) is 0. The lowest BCUT2D eigenvalue weighted by atomic mass is 10.2. The highest BCUT2D eigenvalue weighted by Gasteiger charge is 2.07. The SMILES string of the molecule is O=Cc1nnc(-c2cccc(Cl)c2)o1. The van der Waals surface area contributed by atoms with Crippen molar-refractivity contribution in [3.8, 4) is 11.5 Å². The zero-order valence-electron chi connectivity index (χ0n) is 6.98. The van der Waals surface area contributed by atoms with Crippen LogP contribution in [0.3, 0.4) is 0 Å². The second-order valence-electron chi connectivity index (χ2n) is 2.57. The van der Waals surface area contributed by atoms with Gasteiger partial charge in [0.2, 0.25) is 12.2 Å². The standard InChI is InChI=1S/C9H5ClN2O2/c10-7-3-1-2-6(4-7)9-12-11-8(5-13)14-9/h1-5H. The highest BCUT2D eigenvalue weighted by molar-refractivity contribution is 6.30. The van der Waals surface area contributed by atoms with Crippen LogP contribution in [0, 0.1) is 0 Å². The van der Waals surface area contributed by atoms with Gasteiger partial charge < -0.3 is 4.42 Å². The van der Waals surface area contributed by atoms with Crippen LogP contribution >= 0.6 is 11.6 Å². The van der Waals surface area contributed by atoms with Crippen molar-refractivity contribution in [1.29, 1.82) is 0 Å². The summed E-state index contributed by atoms with van der Waals surface area (Å²) in [5.41, 5.74) is 0.693. The molecule has 0 unspecified atom stereocenters. The molecule has 0 radical (unpaired) electrons. The minimum atomic E-state index is -0.0417. The quantitative estimate of drug-likeness (QED) is 0.710. The Bertz CT molecular complexity index is 467. The number of aldehydes is 1. The summed E-state index contributed by atoms with van der Waals surface area (Å²) < 4.78 is 5.02. The normalized spacial score (nSPS) is 10.1. The van der Waals surface area contributed by atoms with Gasteiger partial charge >= 0.3 is 0 Å². The fourth-order valence-corrected chi connectivity index (χ4v) is 1.21. The van der Waals surface area contributed by atoms with Crippen molar-refractivity contribution in [2.24, 2.45) is 0 Å². The Morgan fingerprint density at radius 3 is 2.86 bits per heavy atom. The van der Waals surface area contributed by atoms with Crippen molar-refractivity contribution in [1.82, 2.24) is 10.2 Å². The van der Waals surface area contributed by atoms with E-state index in [1.54, 1.807) is 24.3 Å². The summed E-state index contributed by atoms with van der Waals surface area (Å²) in [6.07, 6.45) is 0.501. The van der Waals surface area contributed by atoms with E-state index in [4.69, 9.17) is 16.0 Å². The molecule has 1 heterocycles. The third-order valence-corrected chi connectivity index (χ3v) is 1.85. The summed E-state index contributed by atoms with van der Waals surface area (Å²) in [5.74, 6) is 0.245. The number of hydrogen-bond donors (Lipinski definition) is 0. The van der Waals surface area contributed by atoms with Gasteiger partial charge in [0.15, 0.2) is 0 Å². The average molecular weight is 209 g/mol. The van der Waals surface area contributed by atoms with E-state index in [0.717, 1.165) is 0 Å². The molecule has 1 aromatic heterocycles. The number of nitrogens with zero attached hydrogens (tertiary/aromatic N) is 2. The van der Waals surface area contributed by atoms with Crippen LogP contribution in [0.15, 0.2) is 28.7 Å². The summed E-state index contributed by atoms with van der Waals surface area (Å²) in [6.45, 7) is 0. The summed E-state index contributed by atoms with van der Waals surface area (Å²) in [7, 11) is 0. The van der Waals surface area contributed by atoms with Crippen molar-refractivity contribution in [2.75, 3.05) is 0 Å². The van der Waals surface area contributed by atoms with E-state index in [0.29, 0.717) is 16.9 Å². The van der Waals surface area contributed by atoms with E-state index in [-0.39, 0.29) is 11.8 Å². The largest absolute Gasteiger partial charge is 0.414 e. The zero-order chi connectivity index (χ0) is 9.97. The molecule has 0 spiro atoms. The van der Waals surface area contributed by atoms with Gasteiger partial charge in [-0.2, -0.15) is 0 Å². The van der Waals surface area contributed by atoms with E-state index in [1.807, 2.05) is 0 Å². The second-order valence-corrected chi connectivity index (χ2v) is 3.01. The molecule has 0 saturated heterocycles. The number of aromatic nitrogens is 2. The molecule has 0 atom stereocenters. The molecule has 0 aliphatic rings. The molecular formula is C9H5ClN2O2. The van der Waals surface area contributed by atoms with Crippen LogP contribution in [0.1, 0.15) is 10.7 Å². The number of rotatable bonds is 2. The first kappa shape index (κ1) is 8.90. The molecule has 0 aliphatic heterocycles. The Morgan fingerprint density at radius 2 is 2.21 bits per heavy atom. The monoisotopic (exact) mass is 208 g/mol. The molecule has 0 aliphatic carbocycles. The predicted molar refractivity (Wildman–Crippen MR) is 50.1 cm³/mol. The van der Waals surface area contributed by atoms with Gasteiger partial charge in [0.1, 0.15) is 0 Å². The third kappa shape index (κ3) is 1.65. The van der Waals surface area contributed by atoms with Crippen LogP contribution in [0.2, 0.25) is 5.02 Å². The molecular weight excluding hydrogens is 204 g/mol. The Hall–Kier alpha value is -1.68. The van der Waals surface area contributed by atoms with E-state index >= 15 is 0 Å². The smallest absolute Gasteiger partial charge is 0.280 e. The van der Waals surface area contributed by atoms with Crippen LogP contribution in [0.5, 0.6) is 0 Å². The third-order valence-electron chi connectivity index (χ3n) is 1.61. The van der Waals surface area contributed by atoms with Gasteiger partial charge in [-0.3, -0.25) is 4.79 Å². The molecule has 14 heavy (non-hydrogen) atoms. The molecule has 2 rings (SSSR count). The number of benzene rings is 1. The van der Waals surface area contributed by atoms with Crippen LogP contribution in [0.25, 0.3) is 11.5 Å². The molecule has 0 amide bonds. The molecule has 0 N–H and O–H groups in total. The van der Waals surface area contributed by atoms with Gasteiger partial charge in [0.25, 0.3) is 5.89 Å². The van der Waals surface area contributed by atoms with Gasteiger partial charge in [-0.05, 0) is 18.2 Å². The molecule has 1 aromatic carbocycles. The van der Waals surface area contributed by atoms with Gasteiger partial charge in [0.05, 0.1) is 0 Å². The Balaban J connectivity index is 2.43. The molecule has 2 aromatic rings. The van der Waals surface area contributed by atoms with Crippen molar-refractivity contribution >= 4 is 17.9 Å². The molecule has 0 bridgehead atoms. The number of carbonyl (C=O) groups is 1. The molecule has 70 valence electrons. The number of hydrogen-bond acceptors (Lipinski definition) is 4. The first-order chi connectivity index (χ1) is 6.79. The topological polar surface area (TPSA) is 56.0 Å². The summed E-state index contributed by atoms with van der Waals surface area (Å²) in [5, 5.41) is 7.78. The van der Waals surface area contributed by atoms with Crippen LogP contribution in [-0.2, 0) is 0 Å². The highest BCUT2D eigenvalue weighted by Crippen LogP contribution is 2.20. The predicted octanol–water partition coefficient (Wildman–Crippen LogP) is 2.20. The Morgan fingerprint density at radius 1 is 1.36 bits per heavy atom. The van der Waals surface area contributed by atoms with Crippen LogP contribution < -0.4 is 0 Å². The van der Waals surface area contributed by atoms with Gasteiger partial charge in [-0.1, -0.05) is 17.7 Å². The van der Waals surface area contributed by atoms with Crippen molar-refractivity contribution in [3.63, 3.8) is 0 Å². The van der Waals surface area contributed by atoms with Crippen molar-refractivity contribution in [2.45, 2.75) is 0 Å². The van der Waals surface area contributed by atoms with E-state index < -0.39 is 0 Å². The number of halogens is 1. The lowest BCUT2D eigenvalue weighted by Crippen LogP contribution is -1.77.